The zero-order chi connectivity index (χ0) is 22.4. The molecule has 11 heteroatoms. The molecule has 162 valence electrons. The minimum absolute atomic E-state index is 0.0158. The van der Waals surface area contributed by atoms with Crippen LogP contribution in [0.4, 0.5) is 17.6 Å². The van der Waals surface area contributed by atoms with Gasteiger partial charge in [0.15, 0.2) is 15.9 Å². The van der Waals surface area contributed by atoms with Crippen LogP contribution in [0.3, 0.4) is 0 Å². The first-order valence-electron chi connectivity index (χ1n) is 8.61. The lowest BCUT2D eigenvalue weighted by atomic mass is 10.1. The van der Waals surface area contributed by atoms with Gasteiger partial charge in [-0.2, -0.15) is 13.2 Å². The quantitative estimate of drug-likeness (QED) is 0.570. The Bertz CT molecular complexity index is 1120. The third-order valence-corrected chi connectivity index (χ3v) is 6.19. The first-order chi connectivity index (χ1) is 13.8. The lowest BCUT2D eigenvalue weighted by molar-refractivity contribution is -0.189. The van der Waals surface area contributed by atoms with Crippen molar-refractivity contribution in [3.63, 3.8) is 0 Å². The third-order valence-electron chi connectivity index (χ3n) is 4.62. The number of amides is 1. The smallest absolute Gasteiger partial charge is 0.425 e. The number of benzene rings is 2. The molecule has 0 saturated heterocycles. The molecular weight excluding hydrogens is 494 g/mol. The molecule has 0 spiro atoms. The summed E-state index contributed by atoms with van der Waals surface area (Å²) in [5, 5.41) is 0. The van der Waals surface area contributed by atoms with Crippen molar-refractivity contribution in [2.45, 2.75) is 37.2 Å². The maximum absolute atomic E-state index is 14.2. The number of nitrogens with zero attached hydrogens (tertiary/aromatic N) is 1. The summed E-state index contributed by atoms with van der Waals surface area (Å²) in [5.74, 6) is -1.70. The standard InChI is InChI=1S/C19H16BrF4NO4S/c1-10(19(22,23)24)29-17-4-3-13(30(2,27)28)7-14(17)18(26)25-8-11-5-12(20)6-16(21)15(11)9-25/h3-7,10H,8-9H2,1-2H3/t10-/m0/s1. The molecule has 3 rings (SSSR count). The maximum Gasteiger partial charge on any atom is 0.425 e. The van der Waals surface area contributed by atoms with Crippen LogP contribution >= 0.6 is 15.9 Å². The van der Waals surface area contributed by atoms with E-state index in [1.54, 1.807) is 6.07 Å². The summed E-state index contributed by atoms with van der Waals surface area (Å²) in [4.78, 5) is 14.0. The minimum Gasteiger partial charge on any atom is -0.480 e. The van der Waals surface area contributed by atoms with E-state index in [1.165, 1.54) is 11.0 Å². The fourth-order valence-electron chi connectivity index (χ4n) is 3.01. The SMILES string of the molecule is C[C@H](Oc1ccc(S(C)(=O)=O)cc1C(=O)N1Cc2cc(Br)cc(F)c2C1)C(F)(F)F. The lowest BCUT2D eigenvalue weighted by Gasteiger charge is -2.22. The van der Waals surface area contributed by atoms with Gasteiger partial charge in [-0.05, 0) is 42.8 Å². The van der Waals surface area contributed by atoms with Gasteiger partial charge in [-0.25, -0.2) is 12.8 Å². The molecule has 1 heterocycles. The van der Waals surface area contributed by atoms with Gasteiger partial charge in [0.25, 0.3) is 5.91 Å². The van der Waals surface area contributed by atoms with E-state index in [-0.39, 0.29) is 29.1 Å². The van der Waals surface area contributed by atoms with Crippen LogP contribution in [0, 0.1) is 5.82 Å². The molecule has 2 aromatic carbocycles. The molecule has 1 amide bonds. The zero-order valence-corrected chi connectivity index (χ0v) is 18.2. The van der Waals surface area contributed by atoms with Gasteiger partial charge in [0.1, 0.15) is 11.6 Å². The van der Waals surface area contributed by atoms with Crippen molar-refractivity contribution < 1.29 is 35.5 Å². The van der Waals surface area contributed by atoms with Gasteiger partial charge in [-0.3, -0.25) is 4.79 Å². The Kier molecular flexibility index (Phi) is 5.89. The fraction of sp³-hybridized carbons (Fsp3) is 0.316. The molecule has 5 nitrogen and oxygen atoms in total. The van der Waals surface area contributed by atoms with Crippen LogP contribution in [-0.2, 0) is 22.9 Å². The van der Waals surface area contributed by atoms with E-state index in [0.717, 1.165) is 31.4 Å². The van der Waals surface area contributed by atoms with Crippen molar-refractivity contribution in [1.29, 1.82) is 0 Å². The summed E-state index contributed by atoms with van der Waals surface area (Å²) in [6.45, 7) is 0.684. The number of sulfone groups is 1. The van der Waals surface area contributed by atoms with Crippen molar-refractivity contribution in [2.24, 2.45) is 0 Å². The van der Waals surface area contributed by atoms with Crippen LogP contribution in [-0.4, -0.2) is 37.8 Å². The molecule has 0 saturated carbocycles. The van der Waals surface area contributed by atoms with Gasteiger partial charge < -0.3 is 9.64 Å². The molecular formula is C19H16BrF4NO4S. The highest BCUT2D eigenvalue weighted by Gasteiger charge is 2.39. The first-order valence-corrected chi connectivity index (χ1v) is 11.3. The van der Waals surface area contributed by atoms with Crippen LogP contribution < -0.4 is 4.74 Å². The average Bonchev–Trinajstić information content (AvgIpc) is 3.04. The molecule has 1 atom stereocenters. The van der Waals surface area contributed by atoms with Gasteiger partial charge in [0.2, 0.25) is 0 Å². The Morgan fingerprint density at radius 1 is 1.20 bits per heavy atom. The molecule has 2 aromatic rings. The number of fused-ring (bicyclic) bond motifs is 1. The maximum atomic E-state index is 14.2. The Morgan fingerprint density at radius 2 is 1.87 bits per heavy atom. The summed E-state index contributed by atoms with van der Waals surface area (Å²) in [6.07, 6.45) is -6.00. The van der Waals surface area contributed by atoms with E-state index in [9.17, 15) is 30.8 Å². The number of carbonyl (C=O) groups is 1. The van der Waals surface area contributed by atoms with Crippen molar-refractivity contribution in [3.8, 4) is 5.75 Å². The summed E-state index contributed by atoms with van der Waals surface area (Å²) in [6, 6.07) is 5.95. The van der Waals surface area contributed by atoms with E-state index in [2.05, 4.69) is 15.9 Å². The van der Waals surface area contributed by atoms with Crippen molar-refractivity contribution in [2.75, 3.05) is 6.26 Å². The molecule has 0 bridgehead atoms. The number of ether oxygens (including phenoxy) is 1. The zero-order valence-electron chi connectivity index (χ0n) is 15.8. The number of carbonyl (C=O) groups excluding carboxylic acids is 1. The van der Waals surface area contributed by atoms with Crippen molar-refractivity contribution in [3.05, 3.63) is 57.3 Å². The van der Waals surface area contributed by atoms with E-state index in [0.29, 0.717) is 10.0 Å². The molecule has 0 radical (unpaired) electrons. The van der Waals surface area contributed by atoms with Crippen LogP contribution in [0.25, 0.3) is 0 Å². The van der Waals surface area contributed by atoms with Crippen LogP contribution in [0.2, 0.25) is 0 Å². The Labute approximate surface area is 178 Å². The summed E-state index contributed by atoms with van der Waals surface area (Å²) in [5.41, 5.74) is 0.485. The van der Waals surface area contributed by atoms with Gasteiger partial charge in [-0.15, -0.1) is 0 Å². The van der Waals surface area contributed by atoms with E-state index < -0.39 is 39.6 Å². The molecule has 1 aliphatic heterocycles. The number of alkyl halides is 3. The summed E-state index contributed by atoms with van der Waals surface area (Å²) >= 11 is 3.17. The average molecular weight is 510 g/mol. The monoisotopic (exact) mass is 509 g/mol. The Morgan fingerprint density at radius 3 is 2.47 bits per heavy atom. The Balaban J connectivity index is 2.00. The van der Waals surface area contributed by atoms with Gasteiger partial charge >= 0.3 is 6.18 Å². The number of hydrogen-bond donors (Lipinski definition) is 0. The molecule has 0 aliphatic carbocycles. The highest BCUT2D eigenvalue weighted by molar-refractivity contribution is 9.10. The predicted octanol–water partition coefficient (Wildman–Crippen LogP) is 4.48. The third kappa shape index (κ3) is 4.61. The molecule has 0 aromatic heterocycles. The molecule has 1 aliphatic rings. The van der Waals surface area contributed by atoms with Gasteiger partial charge in [0.05, 0.1) is 10.5 Å². The molecule has 0 unspecified atom stereocenters. The fourth-order valence-corrected chi connectivity index (χ4v) is 4.13. The minimum atomic E-state index is -4.69. The van der Waals surface area contributed by atoms with Crippen molar-refractivity contribution in [1.82, 2.24) is 4.90 Å². The highest BCUT2D eigenvalue weighted by atomic mass is 79.9. The van der Waals surface area contributed by atoms with E-state index in [1.807, 2.05) is 0 Å². The number of halogens is 5. The van der Waals surface area contributed by atoms with Crippen LogP contribution in [0.1, 0.15) is 28.4 Å². The second-order valence-corrected chi connectivity index (χ2v) is 9.85. The largest absolute Gasteiger partial charge is 0.480 e. The normalized spacial score (nSPS) is 15.1. The van der Waals surface area contributed by atoms with E-state index >= 15 is 0 Å². The molecule has 30 heavy (non-hydrogen) atoms. The van der Waals surface area contributed by atoms with Crippen LogP contribution in [0.5, 0.6) is 5.75 Å². The molecule has 0 fully saturated rings. The second kappa shape index (κ2) is 7.84. The number of rotatable bonds is 4. The van der Waals surface area contributed by atoms with Crippen LogP contribution in [0.15, 0.2) is 39.7 Å². The second-order valence-electron chi connectivity index (χ2n) is 6.92. The Hall–Kier alpha value is -2.14. The topological polar surface area (TPSA) is 63.7 Å². The number of hydrogen-bond acceptors (Lipinski definition) is 4. The van der Waals surface area contributed by atoms with Gasteiger partial charge in [-0.1, -0.05) is 15.9 Å². The lowest BCUT2D eigenvalue weighted by Crippen LogP contribution is -2.32. The summed E-state index contributed by atoms with van der Waals surface area (Å²) in [7, 11) is -3.74. The van der Waals surface area contributed by atoms with Crippen molar-refractivity contribution >= 4 is 31.7 Å². The van der Waals surface area contributed by atoms with E-state index in [4.69, 9.17) is 4.74 Å². The molecule has 0 N–H and O–H groups in total. The predicted molar refractivity (Wildman–Crippen MR) is 103 cm³/mol. The van der Waals surface area contributed by atoms with Gasteiger partial charge in [0, 0.05) is 29.4 Å². The first kappa shape index (κ1) is 22.5. The summed E-state index contributed by atoms with van der Waals surface area (Å²) < 4.78 is 82.2. The highest BCUT2D eigenvalue weighted by Crippen LogP contribution is 2.33.